The highest BCUT2D eigenvalue weighted by molar-refractivity contribution is 5.75. The van der Waals surface area contributed by atoms with Crippen molar-refractivity contribution in [3.63, 3.8) is 0 Å². The number of ether oxygens (including phenoxy) is 1. The molecule has 1 saturated carbocycles. The van der Waals surface area contributed by atoms with Gasteiger partial charge in [0.1, 0.15) is 0 Å². The summed E-state index contributed by atoms with van der Waals surface area (Å²) in [6.45, 7) is 5.05. The van der Waals surface area contributed by atoms with E-state index in [2.05, 4.69) is 6.92 Å². The Hall–Kier alpha value is -1.30. The summed E-state index contributed by atoms with van der Waals surface area (Å²) in [5.41, 5.74) is 0. The van der Waals surface area contributed by atoms with Crippen molar-refractivity contribution >= 4 is 12.0 Å². The number of aliphatic carboxylic acids is 1. The number of hydrogen-bond acceptors (Lipinski definition) is 3. The van der Waals surface area contributed by atoms with E-state index < -0.39 is 5.97 Å². The van der Waals surface area contributed by atoms with Crippen LogP contribution in [0.2, 0.25) is 0 Å². The monoisotopic (exact) mass is 284 g/mol. The van der Waals surface area contributed by atoms with Gasteiger partial charge in [-0.1, -0.05) is 6.92 Å². The average Bonchev–Trinajstić information content (AvgIpc) is 3.21. The maximum absolute atomic E-state index is 12.5. The molecule has 2 rings (SSSR count). The van der Waals surface area contributed by atoms with Crippen LogP contribution in [0.5, 0.6) is 0 Å². The topological polar surface area (TPSA) is 70.1 Å². The van der Waals surface area contributed by atoms with Crippen molar-refractivity contribution in [2.75, 3.05) is 32.8 Å². The van der Waals surface area contributed by atoms with Gasteiger partial charge in [-0.3, -0.25) is 4.79 Å². The van der Waals surface area contributed by atoms with Gasteiger partial charge in [0, 0.05) is 26.2 Å². The molecule has 2 aliphatic rings. The molecule has 20 heavy (non-hydrogen) atoms. The highest BCUT2D eigenvalue weighted by Gasteiger charge is 2.31. The summed E-state index contributed by atoms with van der Waals surface area (Å²) in [4.78, 5) is 26.9. The molecule has 6 heteroatoms. The number of urea groups is 1. The number of carboxylic acids is 1. The maximum Gasteiger partial charge on any atom is 0.320 e. The largest absolute Gasteiger partial charge is 0.481 e. The zero-order chi connectivity index (χ0) is 14.5. The molecular formula is C14H24N2O4. The second kappa shape index (κ2) is 6.92. The fraction of sp³-hybridized carbons (Fsp3) is 0.857. The van der Waals surface area contributed by atoms with Crippen LogP contribution >= 0.6 is 0 Å². The standard InChI is InChI=1S/C14H24N2O4/c1-2-5-15(9-11-3-4-11)14(19)16-6-7-20-12(10-16)8-13(17)18/h11-12H,2-10H2,1H3,(H,17,18). The molecule has 1 atom stereocenters. The van der Waals surface area contributed by atoms with Crippen LogP contribution in [0.3, 0.4) is 0 Å². The summed E-state index contributed by atoms with van der Waals surface area (Å²) in [6.07, 6.45) is 2.97. The highest BCUT2D eigenvalue weighted by atomic mass is 16.5. The zero-order valence-electron chi connectivity index (χ0n) is 12.1. The predicted octanol–water partition coefficient (Wildman–Crippen LogP) is 1.40. The molecule has 1 unspecified atom stereocenters. The lowest BCUT2D eigenvalue weighted by Gasteiger charge is -2.36. The fourth-order valence-corrected chi connectivity index (χ4v) is 2.56. The Morgan fingerprint density at radius 3 is 2.75 bits per heavy atom. The molecule has 1 saturated heterocycles. The highest BCUT2D eigenvalue weighted by Crippen LogP contribution is 2.30. The normalized spacial score (nSPS) is 22.6. The van der Waals surface area contributed by atoms with Gasteiger partial charge in [0.25, 0.3) is 0 Å². The van der Waals surface area contributed by atoms with E-state index >= 15 is 0 Å². The minimum atomic E-state index is -0.882. The first-order valence-electron chi connectivity index (χ1n) is 7.47. The number of rotatable bonds is 6. The van der Waals surface area contributed by atoms with Gasteiger partial charge in [0.05, 0.1) is 19.1 Å². The van der Waals surface area contributed by atoms with Gasteiger partial charge >= 0.3 is 12.0 Å². The van der Waals surface area contributed by atoms with E-state index in [1.54, 1.807) is 4.90 Å². The van der Waals surface area contributed by atoms with Crippen molar-refractivity contribution in [1.82, 2.24) is 9.80 Å². The summed E-state index contributed by atoms with van der Waals surface area (Å²) in [5, 5.41) is 8.82. The van der Waals surface area contributed by atoms with E-state index in [9.17, 15) is 9.59 Å². The van der Waals surface area contributed by atoms with Crippen molar-refractivity contribution in [1.29, 1.82) is 0 Å². The van der Waals surface area contributed by atoms with Crippen molar-refractivity contribution in [2.24, 2.45) is 5.92 Å². The molecule has 2 fully saturated rings. The van der Waals surface area contributed by atoms with Crippen LogP contribution in [0.25, 0.3) is 0 Å². The maximum atomic E-state index is 12.5. The van der Waals surface area contributed by atoms with Gasteiger partial charge in [-0.15, -0.1) is 0 Å². The number of morpholine rings is 1. The van der Waals surface area contributed by atoms with Gasteiger partial charge in [-0.25, -0.2) is 4.79 Å². The molecule has 1 aliphatic heterocycles. The van der Waals surface area contributed by atoms with Crippen molar-refractivity contribution in [3.8, 4) is 0 Å². The van der Waals surface area contributed by atoms with Gasteiger partial charge in [-0.2, -0.15) is 0 Å². The Bertz CT molecular complexity index is 357. The molecule has 0 radical (unpaired) electrons. The third kappa shape index (κ3) is 4.37. The van der Waals surface area contributed by atoms with Gasteiger partial charge in [-0.05, 0) is 25.2 Å². The predicted molar refractivity (Wildman–Crippen MR) is 73.5 cm³/mol. The molecule has 2 amide bonds. The molecule has 0 aromatic heterocycles. The van der Waals surface area contributed by atoms with E-state index in [1.165, 1.54) is 12.8 Å². The van der Waals surface area contributed by atoms with E-state index in [1.807, 2.05) is 4.90 Å². The number of hydrogen-bond donors (Lipinski definition) is 1. The molecule has 0 bridgehead atoms. The quantitative estimate of drug-likeness (QED) is 0.800. The smallest absolute Gasteiger partial charge is 0.320 e. The second-order valence-electron chi connectivity index (χ2n) is 5.71. The van der Waals surface area contributed by atoms with Crippen LogP contribution in [-0.2, 0) is 9.53 Å². The summed E-state index contributed by atoms with van der Waals surface area (Å²) in [5.74, 6) is -0.214. The van der Waals surface area contributed by atoms with Crippen LogP contribution in [0.4, 0.5) is 4.79 Å². The second-order valence-corrected chi connectivity index (χ2v) is 5.71. The van der Waals surface area contributed by atoms with Crippen molar-refractivity contribution in [2.45, 2.75) is 38.7 Å². The van der Waals surface area contributed by atoms with E-state index in [4.69, 9.17) is 9.84 Å². The summed E-state index contributed by atoms with van der Waals surface area (Å²) in [6, 6.07) is 0.0393. The van der Waals surface area contributed by atoms with Crippen LogP contribution in [0.1, 0.15) is 32.6 Å². The Morgan fingerprint density at radius 1 is 1.40 bits per heavy atom. The molecule has 0 spiro atoms. The molecular weight excluding hydrogens is 260 g/mol. The third-order valence-corrected chi connectivity index (χ3v) is 3.75. The first-order chi connectivity index (χ1) is 9.60. The Kier molecular flexibility index (Phi) is 5.23. The average molecular weight is 284 g/mol. The molecule has 114 valence electrons. The fourth-order valence-electron chi connectivity index (χ4n) is 2.56. The zero-order valence-corrected chi connectivity index (χ0v) is 12.1. The first kappa shape index (κ1) is 15.1. The lowest BCUT2D eigenvalue weighted by Crippen LogP contribution is -2.52. The molecule has 6 nitrogen and oxygen atoms in total. The third-order valence-electron chi connectivity index (χ3n) is 3.75. The van der Waals surface area contributed by atoms with Crippen LogP contribution in [0.15, 0.2) is 0 Å². The number of nitrogens with zero attached hydrogens (tertiary/aromatic N) is 2. The lowest BCUT2D eigenvalue weighted by atomic mass is 10.2. The minimum absolute atomic E-state index is 0.0393. The van der Waals surface area contributed by atoms with E-state index in [0.29, 0.717) is 25.6 Å². The van der Waals surface area contributed by atoms with E-state index in [0.717, 1.165) is 19.5 Å². The van der Waals surface area contributed by atoms with E-state index in [-0.39, 0.29) is 18.6 Å². The van der Waals surface area contributed by atoms with Gasteiger partial charge in [0.15, 0.2) is 0 Å². The summed E-state index contributed by atoms with van der Waals surface area (Å²) >= 11 is 0. The summed E-state index contributed by atoms with van der Waals surface area (Å²) in [7, 11) is 0. The lowest BCUT2D eigenvalue weighted by molar-refractivity contribution is -0.141. The number of carbonyl (C=O) groups excluding carboxylic acids is 1. The molecule has 1 N–H and O–H groups in total. The molecule has 0 aromatic carbocycles. The number of carbonyl (C=O) groups is 2. The Labute approximate surface area is 119 Å². The van der Waals surface area contributed by atoms with Crippen molar-refractivity contribution < 1.29 is 19.4 Å². The molecule has 1 aliphatic carbocycles. The van der Waals surface area contributed by atoms with Gasteiger partial charge in [0.2, 0.25) is 0 Å². The number of amides is 2. The van der Waals surface area contributed by atoms with Gasteiger partial charge < -0.3 is 19.6 Å². The number of carboxylic acid groups (broad SMARTS) is 1. The van der Waals surface area contributed by atoms with Crippen LogP contribution in [-0.4, -0.2) is 65.8 Å². The van der Waals surface area contributed by atoms with Crippen LogP contribution in [0, 0.1) is 5.92 Å². The SMILES string of the molecule is CCCN(CC1CC1)C(=O)N1CCOC(CC(=O)O)C1. The molecule has 1 heterocycles. The van der Waals surface area contributed by atoms with Crippen molar-refractivity contribution in [3.05, 3.63) is 0 Å². The summed E-state index contributed by atoms with van der Waals surface area (Å²) < 4.78 is 5.41. The van der Waals surface area contributed by atoms with Crippen LogP contribution < -0.4 is 0 Å². The molecule has 0 aromatic rings. The minimum Gasteiger partial charge on any atom is -0.481 e. The Balaban J connectivity index is 1.89. The Morgan fingerprint density at radius 2 is 2.15 bits per heavy atom. The first-order valence-corrected chi connectivity index (χ1v) is 7.47.